The summed E-state index contributed by atoms with van der Waals surface area (Å²) in [6, 6.07) is 64.0. The number of hydrogen-bond acceptors (Lipinski definition) is 1. The molecule has 0 aliphatic heterocycles. The third kappa shape index (κ3) is 6.46. The number of nitrogens with zero attached hydrogens (tertiary/aromatic N) is 3. The zero-order valence-corrected chi connectivity index (χ0v) is 28.7. The van der Waals surface area contributed by atoms with Crippen LogP contribution in [0.25, 0.3) is 55.4 Å². The monoisotopic (exact) mass is 655 g/mol. The van der Waals surface area contributed by atoms with Crippen LogP contribution in [0.15, 0.2) is 198 Å². The largest absolute Gasteiger partial charge is 0.309 e. The first-order chi connectivity index (χ1) is 25.2. The van der Waals surface area contributed by atoms with Gasteiger partial charge in [0.05, 0.1) is 16.7 Å². The van der Waals surface area contributed by atoms with E-state index in [1.165, 1.54) is 27.5 Å². The molecule has 0 N–H and O–H groups in total. The predicted octanol–water partition coefficient (Wildman–Crippen LogP) is 12.4. The molecule has 3 nitrogen and oxygen atoms in total. The molecule has 0 bridgehead atoms. The molecule has 0 saturated carbocycles. The molecule has 0 fully saturated rings. The summed E-state index contributed by atoms with van der Waals surface area (Å²) >= 11 is 0. The average molecular weight is 656 g/mol. The Kier molecular flexibility index (Phi) is 8.76. The number of hydrogen-bond donors (Lipinski definition) is 0. The van der Waals surface area contributed by atoms with Crippen LogP contribution in [0.3, 0.4) is 0 Å². The van der Waals surface area contributed by atoms with Crippen molar-refractivity contribution in [2.24, 2.45) is 9.98 Å². The van der Waals surface area contributed by atoms with Gasteiger partial charge in [-0.3, -0.25) is 0 Å². The second-order valence-electron chi connectivity index (χ2n) is 12.6. The van der Waals surface area contributed by atoms with Crippen LogP contribution in [-0.4, -0.2) is 16.1 Å². The number of para-hydroxylation sites is 1. The van der Waals surface area contributed by atoms with Crippen molar-refractivity contribution in [3.63, 3.8) is 0 Å². The van der Waals surface area contributed by atoms with Crippen LogP contribution >= 0.6 is 0 Å². The molecule has 0 aliphatic carbocycles. The van der Waals surface area contributed by atoms with Crippen molar-refractivity contribution >= 4 is 39.1 Å². The van der Waals surface area contributed by atoms with Gasteiger partial charge in [0.15, 0.2) is 5.84 Å². The molecule has 0 aliphatic rings. The molecule has 1 aromatic heterocycles. The zero-order valence-electron chi connectivity index (χ0n) is 28.7. The molecule has 8 aromatic rings. The van der Waals surface area contributed by atoms with E-state index in [4.69, 9.17) is 9.98 Å². The molecule has 51 heavy (non-hydrogen) atoms. The van der Waals surface area contributed by atoms with Crippen LogP contribution in [0.5, 0.6) is 0 Å². The van der Waals surface area contributed by atoms with Crippen molar-refractivity contribution in [2.45, 2.75) is 13.8 Å². The van der Waals surface area contributed by atoms with E-state index in [0.29, 0.717) is 5.84 Å². The molecule has 244 valence electrons. The Morgan fingerprint density at radius 3 is 1.75 bits per heavy atom. The van der Waals surface area contributed by atoms with E-state index in [9.17, 15) is 0 Å². The van der Waals surface area contributed by atoms with Crippen molar-refractivity contribution in [1.29, 1.82) is 0 Å². The maximum atomic E-state index is 5.28. The fraction of sp³-hybridized carbons (Fsp3) is 0.0417. The SMILES string of the molecule is C/C=C(\N=C(N=C(C)c1cccc(-c2ccccc2)c1)c1cccc(-n2c3ccccc3c3ccc(-c4ccccc4)cc32)c1)c1ccccc1. The lowest BCUT2D eigenvalue weighted by Gasteiger charge is -2.12. The summed E-state index contributed by atoms with van der Waals surface area (Å²) in [4.78, 5) is 10.5. The number of fused-ring (bicyclic) bond motifs is 3. The molecular weight excluding hydrogens is 619 g/mol. The number of benzene rings is 7. The van der Waals surface area contributed by atoms with Crippen molar-refractivity contribution in [3.05, 3.63) is 205 Å². The number of aromatic nitrogens is 1. The Bertz CT molecular complexity index is 2570. The highest BCUT2D eigenvalue weighted by molar-refractivity contribution is 6.14. The number of rotatable bonds is 7. The predicted molar refractivity (Wildman–Crippen MR) is 217 cm³/mol. The van der Waals surface area contributed by atoms with Crippen LogP contribution in [0, 0.1) is 0 Å². The first-order valence-electron chi connectivity index (χ1n) is 17.4. The van der Waals surface area contributed by atoms with Gasteiger partial charge in [-0.25, -0.2) is 9.98 Å². The Balaban J connectivity index is 1.29. The molecule has 0 atom stereocenters. The minimum absolute atomic E-state index is 0.655. The van der Waals surface area contributed by atoms with Gasteiger partial charge in [-0.05, 0) is 77.6 Å². The fourth-order valence-electron chi connectivity index (χ4n) is 6.79. The third-order valence-corrected chi connectivity index (χ3v) is 9.37. The van der Waals surface area contributed by atoms with E-state index in [1.54, 1.807) is 0 Å². The van der Waals surface area contributed by atoms with Gasteiger partial charge < -0.3 is 4.57 Å². The van der Waals surface area contributed by atoms with Crippen LogP contribution in [0.2, 0.25) is 0 Å². The first kappa shape index (κ1) is 31.7. The average Bonchev–Trinajstić information content (AvgIpc) is 3.54. The summed E-state index contributed by atoms with van der Waals surface area (Å²) in [5.74, 6) is 0.655. The summed E-state index contributed by atoms with van der Waals surface area (Å²) < 4.78 is 2.37. The van der Waals surface area contributed by atoms with Crippen LogP contribution in [0.4, 0.5) is 0 Å². The lowest BCUT2D eigenvalue weighted by Crippen LogP contribution is -2.06. The van der Waals surface area contributed by atoms with Crippen LogP contribution < -0.4 is 0 Å². The molecule has 7 aromatic carbocycles. The first-order valence-corrected chi connectivity index (χ1v) is 17.4. The summed E-state index contributed by atoms with van der Waals surface area (Å²) in [5, 5.41) is 2.44. The van der Waals surface area contributed by atoms with Gasteiger partial charge in [-0.15, -0.1) is 0 Å². The topological polar surface area (TPSA) is 29.6 Å². The van der Waals surface area contributed by atoms with Gasteiger partial charge in [-0.2, -0.15) is 0 Å². The molecule has 0 amide bonds. The Hall–Kier alpha value is -6.58. The second kappa shape index (κ2) is 14.1. The quantitative estimate of drug-likeness (QED) is 0.121. The van der Waals surface area contributed by atoms with Gasteiger partial charge in [-0.1, -0.05) is 158 Å². The van der Waals surface area contributed by atoms with E-state index in [0.717, 1.165) is 50.4 Å². The van der Waals surface area contributed by atoms with Gasteiger partial charge in [0.1, 0.15) is 0 Å². The summed E-state index contributed by atoms with van der Waals surface area (Å²) in [5.41, 5.74) is 12.9. The maximum absolute atomic E-state index is 5.28. The minimum Gasteiger partial charge on any atom is -0.309 e. The van der Waals surface area contributed by atoms with E-state index in [-0.39, 0.29) is 0 Å². The highest BCUT2D eigenvalue weighted by Crippen LogP contribution is 2.35. The Labute approximate surface area is 299 Å². The number of amidine groups is 1. The molecular formula is C48H37N3. The molecule has 8 rings (SSSR count). The van der Waals surface area contributed by atoms with E-state index >= 15 is 0 Å². The number of allylic oxidation sites excluding steroid dienone is 1. The molecule has 1 heterocycles. The van der Waals surface area contributed by atoms with Crippen molar-refractivity contribution in [3.8, 4) is 27.9 Å². The Morgan fingerprint density at radius 2 is 1.02 bits per heavy atom. The third-order valence-electron chi connectivity index (χ3n) is 9.37. The van der Waals surface area contributed by atoms with Crippen LogP contribution in [-0.2, 0) is 0 Å². The van der Waals surface area contributed by atoms with Gasteiger partial charge >= 0.3 is 0 Å². The lowest BCUT2D eigenvalue weighted by atomic mass is 10.0. The van der Waals surface area contributed by atoms with Crippen LogP contribution in [0.1, 0.15) is 30.5 Å². The summed E-state index contributed by atoms with van der Waals surface area (Å²) in [6.07, 6.45) is 2.05. The molecule has 0 saturated heterocycles. The second-order valence-corrected chi connectivity index (χ2v) is 12.6. The smallest absolute Gasteiger partial charge is 0.160 e. The molecule has 3 heteroatoms. The van der Waals surface area contributed by atoms with Crippen molar-refractivity contribution in [2.75, 3.05) is 0 Å². The fourth-order valence-corrected chi connectivity index (χ4v) is 6.79. The molecule has 0 radical (unpaired) electrons. The van der Waals surface area contributed by atoms with E-state index in [1.807, 2.05) is 31.2 Å². The lowest BCUT2D eigenvalue weighted by molar-refractivity contribution is 1.18. The van der Waals surface area contributed by atoms with Gasteiger partial charge in [0.2, 0.25) is 0 Å². The number of aliphatic imine (C=N–C) groups is 2. The zero-order chi connectivity index (χ0) is 34.6. The van der Waals surface area contributed by atoms with Gasteiger partial charge in [0.25, 0.3) is 0 Å². The standard InChI is InChI=1S/C48H37N3/c1-3-45(37-21-11-6-12-22-37)50-48(49-34(2)38-23-15-24-39(31-38)35-17-7-4-8-18-35)41-25-16-26-42(32-41)51-46-28-14-13-27-43(46)44-30-29-40(33-47(44)51)36-19-9-5-10-20-36/h3-33H,1-2H3/b45-3-,49-34?,50-48?. The highest BCUT2D eigenvalue weighted by Gasteiger charge is 2.15. The summed E-state index contributed by atoms with van der Waals surface area (Å²) in [7, 11) is 0. The van der Waals surface area contributed by atoms with Crippen molar-refractivity contribution in [1.82, 2.24) is 4.57 Å². The molecule has 0 spiro atoms. The maximum Gasteiger partial charge on any atom is 0.160 e. The van der Waals surface area contributed by atoms with Gasteiger partial charge in [0, 0.05) is 27.7 Å². The normalized spacial score (nSPS) is 12.5. The minimum atomic E-state index is 0.655. The van der Waals surface area contributed by atoms with Crippen molar-refractivity contribution < 1.29 is 0 Å². The Morgan fingerprint density at radius 1 is 0.451 bits per heavy atom. The highest BCUT2D eigenvalue weighted by atomic mass is 15.0. The van der Waals surface area contributed by atoms with E-state index < -0.39 is 0 Å². The van der Waals surface area contributed by atoms with E-state index in [2.05, 4.69) is 175 Å². The molecule has 0 unspecified atom stereocenters. The summed E-state index contributed by atoms with van der Waals surface area (Å²) in [6.45, 7) is 4.10.